The molecule has 2 aromatic rings. The van der Waals surface area contributed by atoms with E-state index in [4.69, 9.17) is 23.2 Å². The monoisotopic (exact) mass is 410 g/mol. The van der Waals surface area contributed by atoms with Gasteiger partial charge >= 0.3 is 0 Å². The van der Waals surface area contributed by atoms with Gasteiger partial charge in [-0.25, -0.2) is 0 Å². The van der Waals surface area contributed by atoms with E-state index < -0.39 is 0 Å². The molecule has 0 unspecified atom stereocenters. The van der Waals surface area contributed by atoms with E-state index in [9.17, 15) is 10.2 Å². The van der Waals surface area contributed by atoms with Gasteiger partial charge in [0.15, 0.2) is 0 Å². The molecule has 0 aromatic heterocycles. The first-order valence-electron chi connectivity index (χ1n) is 4.76. The van der Waals surface area contributed by atoms with Crippen LogP contribution in [0.2, 0.25) is 10.0 Å². The average Bonchev–Trinajstić information content (AvgIpc) is 2.28. The van der Waals surface area contributed by atoms with Gasteiger partial charge in [-0.1, -0.05) is 23.2 Å². The summed E-state index contributed by atoms with van der Waals surface area (Å²) >= 11 is 18.3. The molecule has 94 valence electrons. The Hall–Kier alpha value is -0.420. The van der Waals surface area contributed by atoms with Crippen LogP contribution in [0.1, 0.15) is 0 Å². The first-order chi connectivity index (χ1) is 8.40. The van der Waals surface area contributed by atoms with Gasteiger partial charge in [0, 0.05) is 21.2 Å². The SMILES string of the molecule is Oc1c(Br)cc(Cl)cc1-c1cc(Cl)cc(Br)c1O. The van der Waals surface area contributed by atoms with Crippen LogP contribution in [-0.4, -0.2) is 10.2 Å². The topological polar surface area (TPSA) is 40.5 Å². The predicted molar refractivity (Wildman–Crippen MR) is 80.6 cm³/mol. The van der Waals surface area contributed by atoms with Crippen LogP contribution in [0, 0.1) is 0 Å². The van der Waals surface area contributed by atoms with Gasteiger partial charge < -0.3 is 10.2 Å². The van der Waals surface area contributed by atoms with E-state index in [0.29, 0.717) is 30.1 Å². The summed E-state index contributed by atoms with van der Waals surface area (Å²) in [5.41, 5.74) is 0.796. The molecule has 0 saturated heterocycles. The van der Waals surface area contributed by atoms with Gasteiger partial charge in [0.2, 0.25) is 0 Å². The molecule has 2 N–H and O–H groups in total. The number of halogens is 4. The first-order valence-corrected chi connectivity index (χ1v) is 7.10. The van der Waals surface area contributed by atoms with Crippen LogP contribution in [0.3, 0.4) is 0 Å². The number of phenolic OH excluding ortho intramolecular Hbond substituents is 2. The highest BCUT2D eigenvalue weighted by molar-refractivity contribution is 9.11. The van der Waals surface area contributed by atoms with Crippen LogP contribution in [0.25, 0.3) is 11.1 Å². The number of aromatic hydroxyl groups is 2. The van der Waals surface area contributed by atoms with Crippen molar-refractivity contribution in [1.82, 2.24) is 0 Å². The fraction of sp³-hybridized carbons (Fsp3) is 0. The summed E-state index contributed by atoms with van der Waals surface area (Å²) in [6.07, 6.45) is 0. The van der Waals surface area contributed by atoms with E-state index >= 15 is 0 Å². The minimum atomic E-state index is -0.0103. The van der Waals surface area contributed by atoms with Gasteiger partial charge in [-0.15, -0.1) is 0 Å². The average molecular weight is 413 g/mol. The molecule has 2 aromatic carbocycles. The number of hydrogen-bond acceptors (Lipinski definition) is 2. The van der Waals surface area contributed by atoms with Crippen molar-refractivity contribution in [3.8, 4) is 22.6 Å². The molecule has 0 fully saturated rings. The molecular weight excluding hydrogens is 407 g/mol. The second-order valence-corrected chi connectivity index (χ2v) is 6.15. The Morgan fingerprint density at radius 3 is 1.39 bits per heavy atom. The predicted octanol–water partition coefficient (Wildman–Crippen LogP) is 5.60. The van der Waals surface area contributed by atoms with Crippen molar-refractivity contribution in [3.63, 3.8) is 0 Å². The number of rotatable bonds is 1. The van der Waals surface area contributed by atoms with Crippen LogP contribution in [0.15, 0.2) is 33.2 Å². The molecule has 0 aliphatic heterocycles. The summed E-state index contributed by atoms with van der Waals surface area (Å²) in [6.45, 7) is 0. The van der Waals surface area contributed by atoms with Crippen molar-refractivity contribution in [2.75, 3.05) is 0 Å². The van der Waals surface area contributed by atoms with Gasteiger partial charge in [0.25, 0.3) is 0 Å². The number of hydrogen-bond donors (Lipinski definition) is 2. The minimum Gasteiger partial charge on any atom is -0.506 e. The lowest BCUT2D eigenvalue weighted by atomic mass is 10.0. The Balaban J connectivity index is 2.77. The molecule has 0 aliphatic rings. The fourth-order valence-electron chi connectivity index (χ4n) is 1.54. The molecular formula is C12H6Br2Cl2O2. The zero-order valence-electron chi connectivity index (χ0n) is 8.72. The Kier molecular flexibility index (Phi) is 4.11. The van der Waals surface area contributed by atoms with Gasteiger partial charge in [-0.2, -0.15) is 0 Å². The van der Waals surface area contributed by atoms with Crippen LogP contribution >= 0.6 is 55.1 Å². The van der Waals surface area contributed by atoms with E-state index in [2.05, 4.69) is 31.9 Å². The molecule has 2 rings (SSSR count). The van der Waals surface area contributed by atoms with Crippen molar-refractivity contribution < 1.29 is 10.2 Å². The van der Waals surface area contributed by atoms with E-state index in [1.165, 1.54) is 0 Å². The van der Waals surface area contributed by atoms with Crippen LogP contribution in [-0.2, 0) is 0 Å². The third-order valence-electron chi connectivity index (χ3n) is 2.35. The maximum absolute atomic E-state index is 10.0. The van der Waals surface area contributed by atoms with E-state index in [1.807, 2.05) is 0 Å². The zero-order valence-corrected chi connectivity index (χ0v) is 13.4. The Morgan fingerprint density at radius 1 is 0.722 bits per heavy atom. The maximum Gasteiger partial charge on any atom is 0.137 e. The first kappa shape index (κ1) is 14.0. The normalized spacial score (nSPS) is 10.7. The smallest absolute Gasteiger partial charge is 0.137 e. The summed E-state index contributed by atoms with van der Waals surface area (Å²) < 4.78 is 0.890. The number of phenols is 2. The minimum absolute atomic E-state index is 0.0103. The Morgan fingerprint density at radius 2 is 1.06 bits per heavy atom. The summed E-state index contributed by atoms with van der Waals surface area (Å²) in [5.74, 6) is -0.0206. The van der Waals surface area contributed by atoms with Crippen molar-refractivity contribution in [2.45, 2.75) is 0 Å². The highest BCUT2D eigenvalue weighted by Crippen LogP contribution is 2.44. The highest BCUT2D eigenvalue weighted by Gasteiger charge is 2.15. The summed E-state index contributed by atoms with van der Waals surface area (Å²) in [4.78, 5) is 0. The van der Waals surface area contributed by atoms with Gasteiger partial charge in [-0.3, -0.25) is 0 Å². The van der Waals surface area contributed by atoms with Gasteiger partial charge in [-0.05, 0) is 56.1 Å². The van der Waals surface area contributed by atoms with Crippen LogP contribution in [0.5, 0.6) is 11.5 Å². The summed E-state index contributed by atoms with van der Waals surface area (Å²) in [6, 6.07) is 6.24. The highest BCUT2D eigenvalue weighted by atomic mass is 79.9. The molecule has 0 radical (unpaired) electrons. The van der Waals surface area contributed by atoms with Crippen molar-refractivity contribution >= 4 is 55.1 Å². The summed E-state index contributed by atoms with van der Waals surface area (Å²) in [7, 11) is 0. The second kappa shape index (κ2) is 5.29. The van der Waals surface area contributed by atoms with E-state index in [1.54, 1.807) is 24.3 Å². The fourth-order valence-corrected chi connectivity index (χ4v) is 3.16. The Labute approximate surface area is 130 Å². The van der Waals surface area contributed by atoms with Gasteiger partial charge in [0.05, 0.1) is 8.95 Å². The molecule has 0 spiro atoms. The van der Waals surface area contributed by atoms with Crippen molar-refractivity contribution in [2.24, 2.45) is 0 Å². The maximum atomic E-state index is 10.0. The molecule has 0 heterocycles. The molecule has 18 heavy (non-hydrogen) atoms. The van der Waals surface area contributed by atoms with Crippen LogP contribution in [0.4, 0.5) is 0 Å². The Bertz CT molecular complexity index is 574. The molecule has 6 heteroatoms. The summed E-state index contributed by atoms with van der Waals surface area (Å²) in [5, 5.41) is 20.9. The van der Waals surface area contributed by atoms with Gasteiger partial charge in [0.1, 0.15) is 11.5 Å². The molecule has 2 nitrogen and oxygen atoms in total. The lowest BCUT2D eigenvalue weighted by Gasteiger charge is -2.11. The van der Waals surface area contributed by atoms with Crippen molar-refractivity contribution in [1.29, 1.82) is 0 Å². The lowest BCUT2D eigenvalue weighted by molar-refractivity contribution is 0.465. The molecule has 0 bridgehead atoms. The van der Waals surface area contributed by atoms with Crippen molar-refractivity contribution in [3.05, 3.63) is 43.3 Å². The second-order valence-electron chi connectivity index (χ2n) is 3.57. The quantitative estimate of drug-likeness (QED) is 0.640. The van der Waals surface area contributed by atoms with Crippen LogP contribution < -0.4 is 0 Å². The molecule has 0 saturated carbocycles. The third-order valence-corrected chi connectivity index (χ3v) is 3.99. The molecule has 0 amide bonds. The third kappa shape index (κ3) is 2.62. The van der Waals surface area contributed by atoms with E-state index in [0.717, 1.165) is 0 Å². The molecule has 0 aliphatic carbocycles. The van der Waals surface area contributed by atoms with E-state index in [-0.39, 0.29) is 11.5 Å². The zero-order chi connectivity index (χ0) is 13.4. The largest absolute Gasteiger partial charge is 0.506 e. The molecule has 0 atom stereocenters. The standard InChI is InChI=1S/C12H6Br2Cl2O2/c13-9-3-5(15)1-7(11(9)17)8-2-6(16)4-10(14)12(8)18/h1-4,17-18H. The number of benzene rings is 2. The lowest BCUT2D eigenvalue weighted by Crippen LogP contribution is -1.84.